The topological polar surface area (TPSA) is 30.2 Å². The van der Waals surface area contributed by atoms with Crippen molar-refractivity contribution in [2.45, 2.75) is 0 Å². The SMILES string of the molecule is C=C(C1C=CN=C1)n1ccnc1. The molecule has 0 amide bonds. The van der Waals surface area contributed by atoms with E-state index in [1.165, 1.54) is 0 Å². The molecule has 3 heteroatoms. The van der Waals surface area contributed by atoms with Gasteiger partial charge < -0.3 is 4.57 Å². The Bertz CT molecular complexity index is 321. The zero-order valence-electron chi connectivity index (χ0n) is 6.59. The molecule has 0 spiro atoms. The lowest BCUT2D eigenvalue weighted by Gasteiger charge is -2.08. The van der Waals surface area contributed by atoms with Gasteiger partial charge in [-0.1, -0.05) is 12.7 Å². The molecule has 1 aliphatic rings. The number of hydrogen-bond acceptors (Lipinski definition) is 2. The van der Waals surface area contributed by atoms with E-state index in [1.54, 1.807) is 18.7 Å². The van der Waals surface area contributed by atoms with Crippen molar-refractivity contribution in [3.05, 3.63) is 37.6 Å². The van der Waals surface area contributed by atoms with Crippen LogP contribution in [0.4, 0.5) is 0 Å². The summed E-state index contributed by atoms with van der Waals surface area (Å²) in [6.45, 7) is 3.96. The molecule has 0 N–H and O–H groups in total. The molecule has 3 nitrogen and oxygen atoms in total. The molecule has 12 heavy (non-hydrogen) atoms. The third kappa shape index (κ3) is 1.09. The maximum atomic E-state index is 4.00. The van der Waals surface area contributed by atoms with Gasteiger partial charge in [0.2, 0.25) is 0 Å². The van der Waals surface area contributed by atoms with Gasteiger partial charge in [0.05, 0.1) is 12.2 Å². The average molecular weight is 159 g/mol. The maximum Gasteiger partial charge on any atom is 0.0989 e. The maximum absolute atomic E-state index is 4.00. The van der Waals surface area contributed by atoms with Crippen LogP contribution in [0.1, 0.15) is 0 Å². The van der Waals surface area contributed by atoms with E-state index in [4.69, 9.17) is 0 Å². The summed E-state index contributed by atoms with van der Waals surface area (Å²) in [7, 11) is 0. The highest BCUT2D eigenvalue weighted by Gasteiger charge is 2.09. The Morgan fingerprint density at radius 1 is 1.50 bits per heavy atom. The van der Waals surface area contributed by atoms with Crippen molar-refractivity contribution in [2.75, 3.05) is 0 Å². The summed E-state index contributed by atoms with van der Waals surface area (Å²) in [5, 5.41) is 0. The molecule has 1 aliphatic heterocycles. The summed E-state index contributed by atoms with van der Waals surface area (Å²) in [6.07, 6.45) is 11.0. The Morgan fingerprint density at radius 3 is 3.00 bits per heavy atom. The van der Waals surface area contributed by atoms with Crippen LogP contribution in [-0.4, -0.2) is 15.8 Å². The number of hydrogen-bond donors (Lipinski definition) is 0. The fourth-order valence-corrected chi connectivity index (χ4v) is 1.13. The van der Waals surface area contributed by atoms with Gasteiger partial charge in [0.15, 0.2) is 0 Å². The average Bonchev–Trinajstić information content (AvgIpc) is 2.77. The lowest BCUT2D eigenvalue weighted by Crippen LogP contribution is -2.03. The fraction of sp³-hybridized carbons (Fsp3) is 0.111. The summed E-state index contributed by atoms with van der Waals surface area (Å²) in [4.78, 5) is 7.94. The van der Waals surface area contributed by atoms with Crippen molar-refractivity contribution in [1.82, 2.24) is 9.55 Å². The van der Waals surface area contributed by atoms with Crippen LogP contribution in [0.25, 0.3) is 5.70 Å². The van der Waals surface area contributed by atoms with E-state index >= 15 is 0 Å². The molecule has 1 atom stereocenters. The second-order valence-electron chi connectivity index (χ2n) is 2.63. The van der Waals surface area contributed by atoms with Crippen molar-refractivity contribution in [2.24, 2.45) is 10.9 Å². The molecule has 1 aromatic rings. The van der Waals surface area contributed by atoms with Crippen molar-refractivity contribution >= 4 is 11.9 Å². The molecular weight excluding hydrogens is 150 g/mol. The van der Waals surface area contributed by atoms with Gasteiger partial charge in [0.25, 0.3) is 0 Å². The van der Waals surface area contributed by atoms with Gasteiger partial charge in [-0.25, -0.2) is 4.98 Å². The lowest BCUT2D eigenvalue weighted by molar-refractivity contribution is 0.993. The van der Waals surface area contributed by atoms with Crippen LogP contribution in [0.2, 0.25) is 0 Å². The Balaban J connectivity index is 2.21. The van der Waals surface area contributed by atoms with Gasteiger partial charge in [0.1, 0.15) is 0 Å². The minimum atomic E-state index is 0.221. The highest BCUT2D eigenvalue weighted by atomic mass is 15.0. The molecule has 1 aromatic heterocycles. The molecule has 60 valence electrons. The second kappa shape index (κ2) is 2.77. The van der Waals surface area contributed by atoms with E-state index in [0.29, 0.717) is 0 Å². The molecule has 0 radical (unpaired) electrons. The first-order valence-corrected chi connectivity index (χ1v) is 3.75. The molecule has 0 aromatic carbocycles. The molecule has 0 fully saturated rings. The Labute approximate surface area is 70.8 Å². The van der Waals surface area contributed by atoms with Crippen molar-refractivity contribution in [1.29, 1.82) is 0 Å². The van der Waals surface area contributed by atoms with Crippen molar-refractivity contribution < 1.29 is 0 Å². The standard InChI is InChI=1S/C9H9N3/c1-8(9-2-3-10-6-9)12-5-4-11-7-12/h2-7,9H,1H2. The molecule has 1 unspecified atom stereocenters. The van der Waals surface area contributed by atoms with E-state index in [2.05, 4.69) is 16.6 Å². The van der Waals surface area contributed by atoms with Gasteiger partial charge in [-0.05, 0) is 0 Å². The first-order chi connectivity index (χ1) is 5.88. The first-order valence-electron chi connectivity index (χ1n) is 3.75. The molecule has 0 saturated carbocycles. The fourth-order valence-electron chi connectivity index (χ4n) is 1.13. The summed E-state index contributed by atoms with van der Waals surface area (Å²) < 4.78 is 1.90. The van der Waals surface area contributed by atoms with Gasteiger partial charge in [-0.15, -0.1) is 0 Å². The van der Waals surface area contributed by atoms with Crippen LogP contribution < -0.4 is 0 Å². The summed E-state index contributed by atoms with van der Waals surface area (Å²) >= 11 is 0. The minimum absolute atomic E-state index is 0.221. The van der Waals surface area contributed by atoms with Gasteiger partial charge in [-0.2, -0.15) is 0 Å². The number of allylic oxidation sites excluding steroid dienone is 2. The third-order valence-corrected chi connectivity index (χ3v) is 1.85. The highest BCUT2D eigenvalue weighted by Crippen LogP contribution is 2.16. The van der Waals surface area contributed by atoms with E-state index in [0.717, 1.165) is 5.70 Å². The van der Waals surface area contributed by atoms with Crippen LogP contribution >= 0.6 is 0 Å². The normalized spacial score (nSPS) is 20.2. The predicted molar refractivity (Wildman–Crippen MR) is 48.7 cm³/mol. The van der Waals surface area contributed by atoms with Gasteiger partial charge >= 0.3 is 0 Å². The first kappa shape index (κ1) is 7.03. The number of rotatable bonds is 2. The number of aromatic nitrogens is 2. The van der Waals surface area contributed by atoms with Crippen LogP contribution in [0.3, 0.4) is 0 Å². The lowest BCUT2D eigenvalue weighted by atomic mass is 10.1. The molecule has 2 rings (SSSR count). The number of imidazole rings is 1. The number of aliphatic imine (C=N–C) groups is 1. The van der Waals surface area contributed by atoms with Crippen LogP contribution in [0.15, 0.2) is 42.6 Å². The summed E-state index contributed by atoms with van der Waals surface area (Å²) in [5.74, 6) is 0.221. The Morgan fingerprint density at radius 2 is 2.42 bits per heavy atom. The van der Waals surface area contributed by atoms with Crippen LogP contribution in [-0.2, 0) is 0 Å². The molecule has 0 bridgehead atoms. The van der Waals surface area contributed by atoms with Gasteiger partial charge in [0, 0.05) is 30.5 Å². The second-order valence-corrected chi connectivity index (χ2v) is 2.63. The zero-order chi connectivity index (χ0) is 8.39. The zero-order valence-corrected chi connectivity index (χ0v) is 6.59. The monoisotopic (exact) mass is 159 g/mol. The van der Waals surface area contributed by atoms with Crippen LogP contribution in [0, 0.1) is 5.92 Å². The Kier molecular flexibility index (Phi) is 1.63. The van der Waals surface area contributed by atoms with E-state index in [1.807, 2.05) is 23.1 Å². The molecular formula is C9H9N3. The van der Waals surface area contributed by atoms with Crippen LogP contribution in [0.5, 0.6) is 0 Å². The van der Waals surface area contributed by atoms with E-state index in [9.17, 15) is 0 Å². The molecule has 0 aliphatic carbocycles. The predicted octanol–water partition coefficient (Wildman–Crippen LogP) is 1.57. The van der Waals surface area contributed by atoms with Crippen molar-refractivity contribution in [3.8, 4) is 0 Å². The quantitative estimate of drug-likeness (QED) is 0.644. The number of nitrogens with zero attached hydrogens (tertiary/aromatic N) is 3. The van der Waals surface area contributed by atoms with E-state index in [-0.39, 0.29) is 5.92 Å². The third-order valence-electron chi connectivity index (χ3n) is 1.85. The highest BCUT2D eigenvalue weighted by molar-refractivity contribution is 5.79. The van der Waals surface area contributed by atoms with Crippen molar-refractivity contribution in [3.63, 3.8) is 0 Å². The molecule has 0 saturated heterocycles. The smallest absolute Gasteiger partial charge is 0.0989 e. The Hall–Kier alpha value is -1.64. The minimum Gasteiger partial charge on any atom is -0.310 e. The largest absolute Gasteiger partial charge is 0.310 e. The van der Waals surface area contributed by atoms with Gasteiger partial charge in [-0.3, -0.25) is 4.99 Å². The summed E-state index contributed by atoms with van der Waals surface area (Å²) in [6, 6.07) is 0. The molecule has 2 heterocycles. The summed E-state index contributed by atoms with van der Waals surface area (Å²) in [5.41, 5.74) is 0.977. The van der Waals surface area contributed by atoms with E-state index < -0.39 is 0 Å².